The minimum Gasteiger partial charge on any atom is -0.457 e. The first-order valence-corrected chi connectivity index (χ1v) is 18.3. The van der Waals surface area contributed by atoms with Crippen molar-refractivity contribution in [1.29, 1.82) is 0 Å². The molecule has 0 bridgehead atoms. The number of hydrogen-bond donors (Lipinski definition) is 3. The van der Waals surface area contributed by atoms with Crippen molar-refractivity contribution in [3.05, 3.63) is 150 Å². The van der Waals surface area contributed by atoms with Gasteiger partial charge in [0.2, 0.25) is 0 Å². The summed E-state index contributed by atoms with van der Waals surface area (Å²) in [6.45, 7) is 2.94. The zero-order chi connectivity index (χ0) is 36.4. The number of aliphatic hydroxyl groups excluding tert-OH is 1. The Kier molecular flexibility index (Phi) is 12.1. The Bertz CT molecular complexity index is 1920. The molecule has 274 valence electrons. The van der Waals surface area contributed by atoms with Crippen molar-refractivity contribution in [1.82, 2.24) is 10.2 Å². The quantitative estimate of drug-likeness (QED) is 0.112. The molecule has 4 atom stereocenters. The average Bonchev–Trinajstić information content (AvgIpc) is 3.64. The molecule has 9 nitrogen and oxygen atoms in total. The van der Waals surface area contributed by atoms with Gasteiger partial charge in [-0.3, -0.25) is 4.90 Å². The van der Waals surface area contributed by atoms with Gasteiger partial charge in [-0.1, -0.05) is 78.9 Å². The Morgan fingerprint density at radius 1 is 0.811 bits per heavy atom. The second kappa shape index (κ2) is 17.7. The van der Waals surface area contributed by atoms with Gasteiger partial charge < -0.3 is 34.7 Å². The van der Waals surface area contributed by atoms with Crippen LogP contribution in [-0.4, -0.2) is 55.0 Å². The Balaban J connectivity index is 1.01. The van der Waals surface area contributed by atoms with Gasteiger partial charge in [0.25, 0.3) is 0 Å². The summed E-state index contributed by atoms with van der Waals surface area (Å²) < 4.78 is 24.8. The molecule has 0 spiro atoms. The second-order valence-electron chi connectivity index (χ2n) is 13.7. The van der Waals surface area contributed by atoms with Crippen molar-refractivity contribution in [2.24, 2.45) is 0 Å². The van der Waals surface area contributed by atoms with Gasteiger partial charge in [-0.25, -0.2) is 4.79 Å². The number of nitrogens with one attached hydrogen (secondary N) is 2. The van der Waals surface area contributed by atoms with E-state index in [1.807, 2.05) is 97.1 Å². The predicted octanol–water partition coefficient (Wildman–Crippen LogP) is 8.62. The smallest absolute Gasteiger partial charge is 0.319 e. The zero-order valence-corrected chi connectivity index (χ0v) is 30.0. The number of urea groups is 1. The number of anilines is 1. The van der Waals surface area contributed by atoms with E-state index in [0.717, 1.165) is 78.1 Å². The largest absolute Gasteiger partial charge is 0.457 e. The summed E-state index contributed by atoms with van der Waals surface area (Å²) >= 11 is 0. The number of benzene rings is 5. The molecule has 0 aliphatic carbocycles. The highest BCUT2D eigenvalue weighted by molar-refractivity contribution is 5.89. The van der Waals surface area contributed by atoms with Gasteiger partial charge in [0.1, 0.15) is 11.5 Å². The molecule has 7 rings (SSSR count). The number of para-hydroxylation sites is 1. The molecule has 2 amide bonds. The number of amides is 2. The zero-order valence-electron chi connectivity index (χ0n) is 30.0. The van der Waals surface area contributed by atoms with Crippen LogP contribution in [0.4, 0.5) is 10.5 Å². The number of hydrogen-bond acceptors (Lipinski definition) is 7. The SMILES string of the molecule is COC[C@@H]1CCCN1C[C@@H]1C[C@H](c2ccc(CO)cc2)O[C@H](c2cccc(-c3cccc(CNC(=O)Nc4ccc(Oc5ccccc5)cc4)c3)c2)O1. The lowest BCUT2D eigenvalue weighted by Gasteiger charge is -2.39. The fourth-order valence-corrected chi connectivity index (χ4v) is 7.13. The molecular formula is C44H47N3O6. The molecule has 0 radical (unpaired) electrons. The number of carbonyl (C=O) groups excluding carboxylic acids is 1. The summed E-state index contributed by atoms with van der Waals surface area (Å²) in [6.07, 6.45) is 2.30. The molecule has 9 heteroatoms. The van der Waals surface area contributed by atoms with Crippen LogP contribution in [0.5, 0.6) is 11.5 Å². The van der Waals surface area contributed by atoms with Crippen LogP contribution < -0.4 is 15.4 Å². The fourth-order valence-electron chi connectivity index (χ4n) is 7.13. The summed E-state index contributed by atoms with van der Waals surface area (Å²) in [4.78, 5) is 15.3. The summed E-state index contributed by atoms with van der Waals surface area (Å²) in [6, 6.07) is 41.4. The Morgan fingerprint density at radius 2 is 1.57 bits per heavy atom. The lowest BCUT2D eigenvalue weighted by Crippen LogP contribution is -2.42. The summed E-state index contributed by atoms with van der Waals surface area (Å²) in [5.41, 5.74) is 6.60. The van der Waals surface area contributed by atoms with Gasteiger partial charge in [-0.05, 0) is 95.7 Å². The van der Waals surface area contributed by atoms with Crippen LogP contribution in [0.25, 0.3) is 11.1 Å². The number of rotatable bonds is 13. The van der Waals surface area contributed by atoms with Gasteiger partial charge in [0.05, 0.1) is 25.4 Å². The highest BCUT2D eigenvalue weighted by atomic mass is 16.7. The first-order valence-electron chi connectivity index (χ1n) is 18.3. The van der Waals surface area contributed by atoms with Gasteiger partial charge in [-0.2, -0.15) is 0 Å². The normalized spacial score (nSPS) is 20.2. The van der Waals surface area contributed by atoms with Crippen molar-refractivity contribution in [3.63, 3.8) is 0 Å². The minimum atomic E-state index is -0.549. The van der Waals surface area contributed by atoms with Crippen LogP contribution in [-0.2, 0) is 27.4 Å². The van der Waals surface area contributed by atoms with E-state index >= 15 is 0 Å². The van der Waals surface area contributed by atoms with Gasteiger partial charge >= 0.3 is 6.03 Å². The van der Waals surface area contributed by atoms with Crippen LogP contribution in [0.3, 0.4) is 0 Å². The molecule has 0 unspecified atom stereocenters. The number of aliphatic hydroxyl groups is 1. The van der Waals surface area contributed by atoms with E-state index in [0.29, 0.717) is 24.0 Å². The van der Waals surface area contributed by atoms with E-state index in [-0.39, 0.29) is 24.8 Å². The highest BCUT2D eigenvalue weighted by Gasteiger charge is 2.35. The van der Waals surface area contributed by atoms with Gasteiger partial charge in [0.15, 0.2) is 6.29 Å². The van der Waals surface area contributed by atoms with E-state index < -0.39 is 6.29 Å². The van der Waals surface area contributed by atoms with Crippen molar-refractivity contribution >= 4 is 11.7 Å². The van der Waals surface area contributed by atoms with Crippen molar-refractivity contribution in [3.8, 4) is 22.6 Å². The maximum atomic E-state index is 12.8. The Morgan fingerprint density at radius 3 is 2.34 bits per heavy atom. The van der Waals surface area contributed by atoms with Gasteiger partial charge in [-0.15, -0.1) is 0 Å². The molecule has 2 fully saturated rings. The molecule has 2 saturated heterocycles. The Labute approximate surface area is 311 Å². The average molecular weight is 714 g/mol. The van der Waals surface area contributed by atoms with Crippen LogP contribution in [0.15, 0.2) is 127 Å². The molecule has 3 N–H and O–H groups in total. The number of carbonyl (C=O) groups is 1. The third-order valence-corrected chi connectivity index (χ3v) is 9.87. The monoisotopic (exact) mass is 713 g/mol. The number of likely N-dealkylation sites (tertiary alicyclic amines) is 1. The van der Waals surface area contributed by atoms with E-state index in [1.165, 1.54) is 0 Å². The van der Waals surface area contributed by atoms with Crippen LogP contribution in [0.2, 0.25) is 0 Å². The van der Waals surface area contributed by atoms with E-state index in [9.17, 15) is 9.90 Å². The molecule has 5 aromatic carbocycles. The highest BCUT2D eigenvalue weighted by Crippen LogP contribution is 2.39. The third kappa shape index (κ3) is 9.70. The van der Waals surface area contributed by atoms with Crippen molar-refractivity contribution in [2.45, 2.75) is 57.0 Å². The topological polar surface area (TPSA) is 102 Å². The third-order valence-electron chi connectivity index (χ3n) is 9.87. The molecule has 2 heterocycles. The van der Waals surface area contributed by atoms with Crippen molar-refractivity contribution in [2.75, 3.05) is 32.1 Å². The molecular weight excluding hydrogens is 666 g/mol. The number of ether oxygens (including phenoxy) is 4. The number of methoxy groups -OCH3 is 1. The lowest BCUT2D eigenvalue weighted by atomic mass is 9.98. The maximum Gasteiger partial charge on any atom is 0.319 e. The summed E-state index contributed by atoms with van der Waals surface area (Å²) in [5.74, 6) is 1.44. The molecule has 0 aromatic heterocycles. The standard InChI is InChI=1S/C44H47N3O6/c1-50-30-38-12-7-23-47(38)28-41-26-42(33-17-15-31(29-48)16-18-33)53-43(52-41)36-11-6-10-35(25-36)34-9-5-8-32(24-34)27-45-44(49)46-37-19-21-40(22-20-37)51-39-13-3-2-4-14-39/h2-6,8-11,13-22,24-25,38,41-43,48H,7,12,23,26-30H2,1H3,(H2,45,46,49)/t38-,41-,42+,43+/m0/s1. The predicted molar refractivity (Wildman–Crippen MR) is 206 cm³/mol. The molecule has 0 saturated carbocycles. The lowest BCUT2D eigenvalue weighted by molar-refractivity contribution is -0.253. The maximum absolute atomic E-state index is 12.8. The first-order chi connectivity index (χ1) is 26.0. The summed E-state index contributed by atoms with van der Waals surface area (Å²) in [5, 5.41) is 15.5. The van der Waals surface area contributed by atoms with E-state index in [4.69, 9.17) is 18.9 Å². The molecule has 2 aliphatic rings. The minimum absolute atomic E-state index is 0.00769. The Hall–Kier alpha value is -5.03. The number of nitrogens with zero attached hydrogens (tertiary/aromatic N) is 1. The van der Waals surface area contributed by atoms with Crippen LogP contribution in [0.1, 0.15) is 53.9 Å². The fraction of sp³-hybridized carbons (Fsp3) is 0.295. The molecule has 53 heavy (non-hydrogen) atoms. The molecule has 5 aromatic rings. The van der Waals surface area contributed by atoms with Gasteiger partial charge in [0, 0.05) is 43.9 Å². The van der Waals surface area contributed by atoms with Crippen LogP contribution >= 0.6 is 0 Å². The van der Waals surface area contributed by atoms with Crippen LogP contribution in [0, 0.1) is 0 Å². The van der Waals surface area contributed by atoms with E-state index in [1.54, 1.807) is 7.11 Å². The summed E-state index contributed by atoms with van der Waals surface area (Å²) in [7, 11) is 1.77. The molecule has 2 aliphatic heterocycles. The van der Waals surface area contributed by atoms with E-state index in [2.05, 4.69) is 45.9 Å². The van der Waals surface area contributed by atoms with Crippen molar-refractivity contribution < 1.29 is 28.8 Å². The first kappa shape index (κ1) is 36.3. The second-order valence-corrected chi connectivity index (χ2v) is 13.7.